The summed E-state index contributed by atoms with van der Waals surface area (Å²) in [5.41, 5.74) is -0.750. The van der Waals surface area contributed by atoms with Gasteiger partial charge in [0.25, 0.3) is 5.91 Å². The Morgan fingerprint density at radius 1 is 1.27 bits per heavy atom. The summed E-state index contributed by atoms with van der Waals surface area (Å²) in [6.45, 7) is 5.92. The van der Waals surface area contributed by atoms with Gasteiger partial charge in [-0.2, -0.15) is 0 Å². The molecule has 3 aliphatic heterocycles. The zero-order valence-electron chi connectivity index (χ0n) is 15.8. The van der Waals surface area contributed by atoms with Crippen LogP contribution in [-0.2, 0) is 14.3 Å². The van der Waals surface area contributed by atoms with Crippen LogP contribution < -0.4 is 5.32 Å². The van der Waals surface area contributed by atoms with E-state index in [1.807, 2.05) is 0 Å². The van der Waals surface area contributed by atoms with E-state index in [2.05, 4.69) is 17.1 Å². The van der Waals surface area contributed by atoms with Crippen LogP contribution in [0.3, 0.4) is 0 Å². The van der Waals surface area contributed by atoms with Crippen molar-refractivity contribution in [2.45, 2.75) is 50.6 Å². The largest absolute Gasteiger partial charge is 0.375 e. The second kappa shape index (κ2) is 7.92. The van der Waals surface area contributed by atoms with E-state index in [1.54, 1.807) is 4.90 Å². The quantitative estimate of drug-likeness (QED) is 0.713. The third-order valence-corrected chi connectivity index (χ3v) is 5.82. The van der Waals surface area contributed by atoms with Gasteiger partial charge in [0.2, 0.25) is 5.91 Å². The van der Waals surface area contributed by atoms with Crippen LogP contribution in [0.15, 0.2) is 0 Å². The molecular formula is C18H30N4O4. The molecule has 1 unspecified atom stereocenters. The molecule has 3 rings (SSSR count). The van der Waals surface area contributed by atoms with Gasteiger partial charge in [-0.05, 0) is 38.6 Å². The lowest BCUT2D eigenvalue weighted by Crippen LogP contribution is -2.56. The van der Waals surface area contributed by atoms with Gasteiger partial charge in [-0.25, -0.2) is 4.79 Å². The lowest BCUT2D eigenvalue weighted by atomic mass is 9.87. The number of hydrogen-bond acceptors (Lipinski definition) is 5. The number of nitrogens with zero attached hydrogens (tertiary/aromatic N) is 3. The maximum absolute atomic E-state index is 13.2. The molecule has 0 saturated carbocycles. The van der Waals surface area contributed by atoms with Gasteiger partial charge in [0.05, 0.1) is 6.04 Å². The molecule has 146 valence electrons. The monoisotopic (exact) mass is 366 g/mol. The van der Waals surface area contributed by atoms with Crippen molar-refractivity contribution in [1.29, 1.82) is 0 Å². The van der Waals surface area contributed by atoms with E-state index in [-0.39, 0.29) is 30.5 Å². The molecule has 0 aromatic carbocycles. The molecular weight excluding hydrogens is 336 g/mol. The molecule has 3 heterocycles. The number of likely N-dealkylation sites (tertiary alicyclic amines) is 2. The summed E-state index contributed by atoms with van der Waals surface area (Å²) in [7, 11) is 1.49. The van der Waals surface area contributed by atoms with Crippen LogP contribution in [0, 0.1) is 0 Å². The number of carbonyl (C=O) groups is 3. The third-order valence-electron chi connectivity index (χ3n) is 5.82. The average Bonchev–Trinajstić information content (AvgIpc) is 2.87. The first-order valence-corrected chi connectivity index (χ1v) is 9.65. The number of rotatable bonds is 5. The second-order valence-corrected chi connectivity index (χ2v) is 7.60. The van der Waals surface area contributed by atoms with Crippen molar-refractivity contribution in [2.24, 2.45) is 0 Å². The minimum Gasteiger partial charge on any atom is -0.375 e. The predicted octanol–water partition coefficient (Wildman–Crippen LogP) is 0.420. The number of nitrogens with one attached hydrogen (secondary N) is 1. The average molecular weight is 366 g/mol. The minimum atomic E-state index is -0.750. The predicted molar refractivity (Wildman–Crippen MR) is 95.6 cm³/mol. The summed E-state index contributed by atoms with van der Waals surface area (Å²) in [4.78, 5) is 43.3. The van der Waals surface area contributed by atoms with Gasteiger partial charge in [0.1, 0.15) is 12.1 Å². The Morgan fingerprint density at radius 2 is 2.00 bits per heavy atom. The molecule has 3 fully saturated rings. The molecule has 1 spiro atoms. The summed E-state index contributed by atoms with van der Waals surface area (Å²) >= 11 is 0. The molecule has 0 aromatic rings. The summed E-state index contributed by atoms with van der Waals surface area (Å²) in [6, 6.07) is -0.546. The number of carbonyl (C=O) groups excluding carboxylic acids is 3. The number of methoxy groups -OCH3 is 1. The molecule has 1 atom stereocenters. The number of imide groups is 1. The molecule has 0 aliphatic carbocycles. The van der Waals surface area contributed by atoms with Gasteiger partial charge in [0.15, 0.2) is 0 Å². The molecule has 26 heavy (non-hydrogen) atoms. The highest BCUT2D eigenvalue weighted by atomic mass is 16.5. The van der Waals surface area contributed by atoms with Gasteiger partial charge < -0.3 is 19.9 Å². The van der Waals surface area contributed by atoms with Gasteiger partial charge >= 0.3 is 6.03 Å². The van der Waals surface area contributed by atoms with E-state index in [9.17, 15) is 14.4 Å². The third kappa shape index (κ3) is 3.57. The van der Waals surface area contributed by atoms with Crippen LogP contribution in [0.2, 0.25) is 0 Å². The Kier molecular flexibility index (Phi) is 5.82. The standard InChI is InChI=1S/C18H30N4O4/c1-3-8-20-10-6-18(7-11-20)16(24)22(17(25)19-18)14-5-4-9-21(12-14)15(23)13-26-2/h14H,3-13H2,1-2H3,(H,19,25). The molecule has 3 aliphatic rings. The van der Waals surface area contributed by atoms with Gasteiger partial charge in [-0.15, -0.1) is 0 Å². The Bertz CT molecular complexity index is 559. The maximum Gasteiger partial charge on any atom is 0.325 e. The van der Waals surface area contributed by atoms with E-state index in [0.717, 1.165) is 38.9 Å². The van der Waals surface area contributed by atoms with E-state index in [0.29, 0.717) is 25.9 Å². The number of hydrogen-bond donors (Lipinski definition) is 1. The van der Waals surface area contributed by atoms with Crippen molar-refractivity contribution < 1.29 is 19.1 Å². The zero-order chi connectivity index (χ0) is 18.7. The minimum absolute atomic E-state index is 0.0318. The highest BCUT2D eigenvalue weighted by Gasteiger charge is 2.54. The lowest BCUT2D eigenvalue weighted by Gasteiger charge is -2.39. The molecule has 8 nitrogen and oxygen atoms in total. The number of piperidine rings is 2. The smallest absolute Gasteiger partial charge is 0.325 e. The fourth-order valence-corrected chi connectivity index (χ4v) is 4.39. The Hall–Kier alpha value is -1.67. The summed E-state index contributed by atoms with van der Waals surface area (Å²) < 4.78 is 4.92. The fraction of sp³-hybridized carbons (Fsp3) is 0.833. The molecule has 0 radical (unpaired) electrons. The highest BCUT2D eigenvalue weighted by Crippen LogP contribution is 2.32. The Morgan fingerprint density at radius 3 is 2.65 bits per heavy atom. The Labute approximate surface area is 154 Å². The summed E-state index contributed by atoms with van der Waals surface area (Å²) in [5.74, 6) is -0.198. The SMILES string of the molecule is CCCN1CCC2(CC1)NC(=O)N(C1CCCN(C(=O)COC)C1)C2=O. The first-order chi connectivity index (χ1) is 12.5. The maximum atomic E-state index is 13.2. The Balaban J connectivity index is 1.66. The summed E-state index contributed by atoms with van der Waals surface area (Å²) in [6.07, 6.45) is 3.94. The highest BCUT2D eigenvalue weighted by molar-refractivity contribution is 6.07. The first-order valence-electron chi connectivity index (χ1n) is 9.65. The number of amides is 4. The van der Waals surface area contributed by atoms with Crippen LogP contribution in [0.4, 0.5) is 4.79 Å². The molecule has 8 heteroatoms. The summed E-state index contributed by atoms with van der Waals surface area (Å²) in [5, 5.41) is 2.98. The van der Waals surface area contributed by atoms with Crippen LogP contribution in [0.5, 0.6) is 0 Å². The van der Waals surface area contributed by atoms with E-state index >= 15 is 0 Å². The topological polar surface area (TPSA) is 82.2 Å². The van der Waals surface area contributed by atoms with E-state index in [1.165, 1.54) is 12.0 Å². The van der Waals surface area contributed by atoms with E-state index < -0.39 is 5.54 Å². The lowest BCUT2D eigenvalue weighted by molar-refractivity contribution is -0.141. The van der Waals surface area contributed by atoms with Crippen LogP contribution in [0.25, 0.3) is 0 Å². The normalized spacial score (nSPS) is 26.5. The molecule has 4 amide bonds. The van der Waals surface area contributed by atoms with Crippen molar-refractivity contribution in [2.75, 3.05) is 46.4 Å². The molecule has 0 aromatic heterocycles. The van der Waals surface area contributed by atoms with Crippen molar-refractivity contribution in [3.63, 3.8) is 0 Å². The number of ether oxygens (including phenoxy) is 1. The number of urea groups is 1. The zero-order valence-corrected chi connectivity index (χ0v) is 15.8. The molecule has 3 saturated heterocycles. The van der Waals surface area contributed by atoms with Gasteiger partial charge in [-0.1, -0.05) is 6.92 Å². The van der Waals surface area contributed by atoms with Gasteiger partial charge in [-0.3, -0.25) is 14.5 Å². The van der Waals surface area contributed by atoms with E-state index in [4.69, 9.17) is 4.74 Å². The van der Waals surface area contributed by atoms with Crippen molar-refractivity contribution in [3.8, 4) is 0 Å². The second-order valence-electron chi connectivity index (χ2n) is 7.60. The van der Waals surface area contributed by atoms with Crippen LogP contribution in [0.1, 0.15) is 39.0 Å². The van der Waals surface area contributed by atoms with Crippen LogP contribution in [-0.4, -0.2) is 90.6 Å². The van der Waals surface area contributed by atoms with Crippen molar-refractivity contribution in [1.82, 2.24) is 20.0 Å². The van der Waals surface area contributed by atoms with Crippen molar-refractivity contribution >= 4 is 17.8 Å². The van der Waals surface area contributed by atoms with Gasteiger partial charge in [0, 0.05) is 33.3 Å². The first kappa shape index (κ1) is 19.1. The van der Waals surface area contributed by atoms with Crippen LogP contribution >= 0.6 is 0 Å². The molecule has 0 bridgehead atoms. The fourth-order valence-electron chi connectivity index (χ4n) is 4.39. The van der Waals surface area contributed by atoms with Crippen molar-refractivity contribution in [3.05, 3.63) is 0 Å². The molecule has 1 N–H and O–H groups in total.